The maximum Gasteiger partial charge on any atom is 0.586 e. The molecule has 0 unspecified atom stereocenters. The van der Waals surface area contributed by atoms with E-state index in [0.29, 0.717) is 0 Å². The number of methoxy groups -OCH3 is 1. The van der Waals surface area contributed by atoms with Gasteiger partial charge in [0.2, 0.25) is 0 Å². The highest BCUT2D eigenvalue weighted by atomic mass is 19.3. The van der Waals surface area contributed by atoms with Crippen molar-refractivity contribution < 1.29 is 32.9 Å². The van der Waals surface area contributed by atoms with Crippen molar-refractivity contribution >= 4 is 5.97 Å². The van der Waals surface area contributed by atoms with Crippen molar-refractivity contribution in [2.24, 2.45) is 0 Å². The van der Waals surface area contributed by atoms with Crippen LogP contribution in [0.25, 0.3) is 0 Å². The van der Waals surface area contributed by atoms with E-state index in [1.807, 2.05) is 0 Å². The Morgan fingerprint density at radius 3 is 2.44 bits per heavy atom. The normalized spacial score (nSPS) is 15.9. The minimum absolute atomic E-state index is 0.0763. The Morgan fingerprint density at radius 1 is 1.38 bits per heavy atom. The highest BCUT2D eigenvalue weighted by Crippen LogP contribution is 2.44. The standard InChI is InChI=1S/C9H6F2O5/c1-14-5-3-7-6(2-4(5)8(12)13)15-9(10,11)16-7/h2-3H,1H3,(H,12,13). The average Bonchev–Trinajstić information content (AvgIpc) is 2.48. The number of benzene rings is 1. The van der Waals surface area contributed by atoms with E-state index in [1.165, 1.54) is 7.11 Å². The Kier molecular flexibility index (Phi) is 2.11. The third kappa shape index (κ3) is 1.60. The van der Waals surface area contributed by atoms with Gasteiger partial charge < -0.3 is 19.3 Å². The molecule has 1 aliphatic rings. The van der Waals surface area contributed by atoms with Crippen LogP contribution in [0.5, 0.6) is 17.2 Å². The summed E-state index contributed by atoms with van der Waals surface area (Å²) >= 11 is 0. The van der Waals surface area contributed by atoms with E-state index in [4.69, 9.17) is 9.84 Å². The van der Waals surface area contributed by atoms with E-state index in [9.17, 15) is 13.6 Å². The van der Waals surface area contributed by atoms with Gasteiger partial charge in [-0.05, 0) is 0 Å². The number of halogens is 2. The summed E-state index contributed by atoms with van der Waals surface area (Å²) in [5, 5.41) is 8.79. The molecule has 5 nitrogen and oxygen atoms in total. The molecule has 0 atom stereocenters. The Hall–Kier alpha value is -2.05. The molecular weight excluding hydrogens is 226 g/mol. The largest absolute Gasteiger partial charge is 0.586 e. The van der Waals surface area contributed by atoms with E-state index in [1.54, 1.807) is 0 Å². The van der Waals surface area contributed by atoms with Crippen molar-refractivity contribution in [2.45, 2.75) is 6.29 Å². The Labute approximate surface area is 88.1 Å². The van der Waals surface area contributed by atoms with Crippen molar-refractivity contribution in [3.63, 3.8) is 0 Å². The molecule has 0 saturated heterocycles. The van der Waals surface area contributed by atoms with Crippen molar-refractivity contribution in [3.05, 3.63) is 17.7 Å². The molecule has 1 aliphatic heterocycles. The first-order valence-corrected chi connectivity index (χ1v) is 4.14. The van der Waals surface area contributed by atoms with E-state index in [-0.39, 0.29) is 22.8 Å². The number of rotatable bonds is 2. The molecule has 0 amide bonds. The predicted molar refractivity (Wildman–Crippen MR) is 46.2 cm³/mol. The lowest BCUT2D eigenvalue weighted by Gasteiger charge is -2.05. The van der Waals surface area contributed by atoms with Gasteiger partial charge in [0.05, 0.1) is 7.11 Å². The van der Waals surface area contributed by atoms with Crippen LogP contribution in [0.4, 0.5) is 8.78 Å². The molecule has 0 saturated carbocycles. The highest BCUT2D eigenvalue weighted by molar-refractivity contribution is 5.92. The maximum atomic E-state index is 12.7. The average molecular weight is 232 g/mol. The van der Waals surface area contributed by atoms with Crippen LogP contribution in [-0.2, 0) is 0 Å². The number of fused-ring (bicyclic) bond motifs is 1. The first-order valence-electron chi connectivity index (χ1n) is 4.14. The van der Waals surface area contributed by atoms with E-state index >= 15 is 0 Å². The van der Waals surface area contributed by atoms with Gasteiger partial charge in [0, 0.05) is 12.1 Å². The molecular formula is C9H6F2O5. The Bertz CT molecular complexity index is 457. The number of hydrogen-bond donors (Lipinski definition) is 1. The quantitative estimate of drug-likeness (QED) is 0.840. The molecule has 86 valence electrons. The first-order chi connectivity index (χ1) is 7.43. The fourth-order valence-corrected chi connectivity index (χ4v) is 1.31. The van der Waals surface area contributed by atoms with E-state index < -0.39 is 12.3 Å². The predicted octanol–water partition coefficient (Wildman–Crippen LogP) is 1.71. The second kappa shape index (κ2) is 3.22. The summed E-state index contributed by atoms with van der Waals surface area (Å²) in [6.45, 7) is 0. The molecule has 0 fully saturated rings. The lowest BCUT2D eigenvalue weighted by molar-refractivity contribution is -0.286. The van der Waals surface area contributed by atoms with Crippen LogP contribution >= 0.6 is 0 Å². The van der Waals surface area contributed by atoms with Crippen LogP contribution in [0.2, 0.25) is 0 Å². The molecule has 7 heteroatoms. The zero-order chi connectivity index (χ0) is 11.9. The smallest absolute Gasteiger partial charge is 0.496 e. The van der Waals surface area contributed by atoms with Crippen LogP contribution in [0.3, 0.4) is 0 Å². The van der Waals surface area contributed by atoms with Crippen LogP contribution in [0.15, 0.2) is 12.1 Å². The number of carboxylic acids is 1. The Balaban J connectivity index is 2.51. The number of hydrogen-bond acceptors (Lipinski definition) is 4. The second-order valence-corrected chi connectivity index (χ2v) is 2.97. The zero-order valence-corrected chi connectivity index (χ0v) is 7.99. The minimum Gasteiger partial charge on any atom is -0.496 e. The molecule has 1 aromatic carbocycles. The molecule has 16 heavy (non-hydrogen) atoms. The number of carbonyl (C=O) groups is 1. The molecule has 0 bridgehead atoms. The molecule has 0 spiro atoms. The van der Waals surface area contributed by atoms with Gasteiger partial charge >= 0.3 is 12.3 Å². The van der Waals surface area contributed by atoms with Gasteiger partial charge in [0.1, 0.15) is 11.3 Å². The molecule has 0 radical (unpaired) electrons. The molecule has 1 N–H and O–H groups in total. The first kappa shape index (κ1) is 10.5. The fraction of sp³-hybridized carbons (Fsp3) is 0.222. The van der Waals surface area contributed by atoms with Gasteiger partial charge in [-0.3, -0.25) is 0 Å². The summed E-state index contributed by atoms with van der Waals surface area (Å²) in [5.74, 6) is -1.97. The van der Waals surface area contributed by atoms with Gasteiger partial charge in [-0.25, -0.2) is 4.79 Å². The van der Waals surface area contributed by atoms with Gasteiger partial charge in [0.25, 0.3) is 0 Å². The third-order valence-electron chi connectivity index (χ3n) is 1.95. The van der Waals surface area contributed by atoms with Crippen molar-refractivity contribution in [2.75, 3.05) is 7.11 Å². The highest BCUT2D eigenvalue weighted by Gasteiger charge is 2.44. The summed E-state index contributed by atoms with van der Waals surface area (Å²) in [7, 11) is 1.22. The monoisotopic (exact) mass is 232 g/mol. The maximum absolute atomic E-state index is 12.7. The van der Waals surface area contributed by atoms with Crippen LogP contribution in [0, 0.1) is 0 Å². The summed E-state index contributed by atoms with van der Waals surface area (Å²) in [6, 6.07) is 1.97. The molecule has 0 aromatic heterocycles. The number of alkyl halides is 2. The van der Waals surface area contributed by atoms with Crippen molar-refractivity contribution in [1.29, 1.82) is 0 Å². The Morgan fingerprint density at radius 2 is 1.94 bits per heavy atom. The van der Waals surface area contributed by atoms with Crippen molar-refractivity contribution in [1.82, 2.24) is 0 Å². The lowest BCUT2D eigenvalue weighted by Crippen LogP contribution is -2.25. The SMILES string of the molecule is COc1cc2c(cc1C(=O)O)OC(F)(F)O2. The van der Waals surface area contributed by atoms with Gasteiger partial charge in [0.15, 0.2) is 11.5 Å². The minimum atomic E-state index is -3.77. The van der Waals surface area contributed by atoms with Gasteiger partial charge in [-0.1, -0.05) is 0 Å². The van der Waals surface area contributed by atoms with E-state index in [2.05, 4.69) is 9.47 Å². The summed E-state index contributed by atoms with van der Waals surface area (Å²) in [6.07, 6.45) is -3.77. The number of carboxylic acid groups (broad SMARTS) is 1. The summed E-state index contributed by atoms with van der Waals surface area (Å²) in [4.78, 5) is 10.8. The zero-order valence-electron chi connectivity index (χ0n) is 7.99. The molecule has 2 rings (SSSR count). The van der Waals surface area contributed by atoms with Gasteiger partial charge in [-0.2, -0.15) is 0 Å². The van der Waals surface area contributed by atoms with Crippen LogP contribution in [0.1, 0.15) is 10.4 Å². The van der Waals surface area contributed by atoms with Crippen molar-refractivity contribution in [3.8, 4) is 17.2 Å². The lowest BCUT2D eigenvalue weighted by atomic mass is 10.2. The molecule has 1 aromatic rings. The van der Waals surface area contributed by atoms with E-state index in [0.717, 1.165) is 12.1 Å². The van der Waals surface area contributed by atoms with Gasteiger partial charge in [-0.15, -0.1) is 8.78 Å². The molecule has 1 heterocycles. The fourth-order valence-electron chi connectivity index (χ4n) is 1.31. The second-order valence-electron chi connectivity index (χ2n) is 2.97. The number of aromatic carboxylic acids is 1. The topological polar surface area (TPSA) is 65.0 Å². The third-order valence-corrected chi connectivity index (χ3v) is 1.95. The van der Waals surface area contributed by atoms with Crippen LogP contribution in [-0.4, -0.2) is 24.5 Å². The molecule has 0 aliphatic carbocycles. The van der Waals surface area contributed by atoms with Crippen LogP contribution < -0.4 is 14.2 Å². The number of ether oxygens (including phenoxy) is 3. The summed E-state index contributed by atoms with van der Waals surface area (Å²) in [5.41, 5.74) is -0.275. The summed E-state index contributed by atoms with van der Waals surface area (Å²) < 4.78 is 38.3.